The smallest absolute Gasteiger partial charge is 0.0360 e. The average molecular weight is 220 g/mol. The van der Waals surface area contributed by atoms with E-state index in [1.807, 2.05) is 6.08 Å². The largest absolute Gasteiger partial charge is 0.370 e. The molecule has 0 aliphatic carbocycles. The molecule has 1 aliphatic rings. The van der Waals surface area contributed by atoms with Gasteiger partial charge in [-0.1, -0.05) is 18.2 Å². The Labute approximate surface area is 99.7 Å². The summed E-state index contributed by atoms with van der Waals surface area (Å²) in [5.41, 5.74) is 2.56. The van der Waals surface area contributed by atoms with Crippen LogP contribution in [0.4, 0.5) is 0 Å². The second kappa shape index (κ2) is 7.29. The summed E-state index contributed by atoms with van der Waals surface area (Å²) in [5.74, 6) is 0. The number of rotatable bonds is 3. The summed E-state index contributed by atoms with van der Waals surface area (Å²) in [5, 5.41) is 3.44. The van der Waals surface area contributed by atoms with Crippen LogP contribution in [0, 0.1) is 0 Å². The summed E-state index contributed by atoms with van der Waals surface area (Å²) in [4.78, 5) is 2.42. The standard InChI is InChI=1S/C14H24N2/c1-4-14(8-7-13(2)3)16-11-6-5-9-15-10-12-16/h4,7-8,15H,1,5-6,9-12H2,2-3H3/b14-8+. The van der Waals surface area contributed by atoms with Crippen LogP contribution >= 0.6 is 0 Å². The van der Waals surface area contributed by atoms with Crippen LogP contribution in [0.15, 0.2) is 36.1 Å². The summed E-state index contributed by atoms with van der Waals surface area (Å²) < 4.78 is 0. The van der Waals surface area contributed by atoms with Gasteiger partial charge >= 0.3 is 0 Å². The van der Waals surface area contributed by atoms with E-state index in [2.05, 4.69) is 42.8 Å². The van der Waals surface area contributed by atoms with Crippen LogP contribution in [-0.2, 0) is 0 Å². The zero-order chi connectivity index (χ0) is 11.8. The summed E-state index contributed by atoms with van der Waals surface area (Å²) in [7, 11) is 0. The molecule has 1 heterocycles. The fourth-order valence-corrected chi connectivity index (χ4v) is 1.82. The molecule has 1 aliphatic heterocycles. The fraction of sp³-hybridized carbons (Fsp3) is 0.571. The van der Waals surface area contributed by atoms with Crippen LogP contribution < -0.4 is 5.32 Å². The maximum Gasteiger partial charge on any atom is 0.0360 e. The lowest BCUT2D eigenvalue weighted by Crippen LogP contribution is -2.35. The molecule has 2 nitrogen and oxygen atoms in total. The molecule has 90 valence electrons. The highest BCUT2D eigenvalue weighted by Gasteiger charge is 2.07. The summed E-state index contributed by atoms with van der Waals surface area (Å²) in [6.07, 6.45) is 8.81. The van der Waals surface area contributed by atoms with Crippen molar-refractivity contribution in [3.8, 4) is 0 Å². The van der Waals surface area contributed by atoms with E-state index >= 15 is 0 Å². The van der Waals surface area contributed by atoms with Gasteiger partial charge in [-0.05, 0) is 45.4 Å². The highest BCUT2D eigenvalue weighted by atomic mass is 15.1. The molecule has 0 radical (unpaired) electrons. The monoisotopic (exact) mass is 220 g/mol. The molecule has 2 heteroatoms. The number of allylic oxidation sites excluding steroid dienone is 4. The zero-order valence-corrected chi connectivity index (χ0v) is 10.6. The Kier molecular flexibility index (Phi) is 5.94. The van der Waals surface area contributed by atoms with Crippen molar-refractivity contribution in [2.75, 3.05) is 26.2 Å². The molecule has 0 aromatic rings. The lowest BCUT2D eigenvalue weighted by Gasteiger charge is -2.27. The van der Waals surface area contributed by atoms with Crippen LogP contribution in [0.2, 0.25) is 0 Å². The molecule has 0 spiro atoms. The molecule has 0 amide bonds. The fourth-order valence-electron chi connectivity index (χ4n) is 1.82. The van der Waals surface area contributed by atoms with Crippen molar-refractivity contribution in [1.82, 2.24) is 10.2 Å². The molecule has 0 atom stereocenters. The molecular weight excluding hydrogens is 196 g/mol. The molecule has 1 fully saturated rings. The molecule has 1 rings (SSSR count). The first kappa shape index (κ1) is 13.0. The van der Waals surface area contributed by atoms with Crippen molar-refractivity contribution in [2.24, 2.45) is 0 Å². The molecule has 0 bridgehead atoms. The van der Waals surface area contributed by atoms with Gasteiger partial charge in [0.25, 0.3) is 0 Å². The SMILES string of the molecule is C=C/C(=C\C=C(C)C)N1CCCCNCC1. The summed E-state index contributed by atoms with van der Waals surface area (Å²) in [6.45, 7) is 12.6. The molecule has 1 saturated heterocycles. The molecule has 0 saturated carbocycles. The van der Waals surface area contributed by atoms with Crippen molar-refractivity contribution in [3.63, 3.8) is 0 Å². The number of hydrogen-bond donors (Lipinski definition) is 1. The van der Waals surface area contributed by atoms with Crippen LogP contribution in [0.25, 0.3) is 0 Å². The van der Waals surface area contributed by atoms with E-state index in [1.165, 1.54) is 24.1 Å². The molecule has 16 heavy (non-hydrogen) atoms. The van der Waals surface area contributed by atoms with Crippen molar-refractivity contribution in [3.05, 3.63) is 36.1 Å². The first-order valence-electron chi connectivity index (χ1n) is 6.17. The van der Waals surface area contributed by atoms with E-state index in [9.17, 15) is 0 Å². The van der Waals surface area contributed by atoms with Gasteiger partial charge in [-0.2, -0.15) is 0 Å². The van der Waals surface area contributed by atoms with Crippen molar-refractivity contribution in [2.45, 2.75) is 26.7 Å². The second-order valence-electron chi connectivity index (χ2n) is 4.48. The molecule has 1 N–H and O–H groups in total. The van der Waals surface area contributed by atoms with Gasteiger partial charge in [0.15, 0.2) is 0 Å². The Morgan fingerprint density at radius 2 is 1.94 bits per heavy atom. The van der Waals surface area contributed by atoms with E-state index in [0.717, 1.165) is 26.2 Å². The van der Waals surface area contributed by atoms with Gasteiger partial charge in [0.2, 0.25) is 0 Å². The van der Waals surface area contributed by atoms with Crippen LogP contribution in [0.3, 0.4) is 0 Å². The Morgan fingerprint density at radius 3 is 2.62 bits per heavy atom. The van der Waals surface area contributed by atoms with Gasteiger partial charge < -0.3 is 10.2 Å². The van der Waals surface area contributed by atoms with Gasteiger partial charge in [-0.25, -0.2) is 0 Å². The second-order valence-corrected chi connectivity index (χ2v) is 4.48. The first-order chi connectivity index (χ1) is 7.74. The van der Waals surface area contributed by atoms with Crippen molar-refractivity contribution < 1.29 is 0 Å². The molecule has 0 aromatic carbocycles. The average Bonchev–Trinajstić information content (AvgIpc) is 2.20. The minimum absolute atomic E-state index is 1.07. The number of nitrogens with zero attached hydrogens (tertiary/aromatic N) is 1. The normalized spacial score (nSPS) is 18.6. The number of hydrogen-bond acceptors (Lipinski definition) is 2. The Bertz CT molecular complexity index is 264. The van der Waals surface area contributed by atoms with E-state index in [0.29, 0.717) is 0 Å². The lowest BCUT2D eigenvalue weighted by molar-refractivity contribution is 0.322. The van der Waals surface area contributed by atoms with Gasteiger partial charge in [-0.3, -0.25) is 0 Å². The van der Waals surface area contributed by atoms with Crippen LogP contribution in [0.1, 0.15) is 26.7 Å². The topological polar surface area (TPSA) is 15.3 Å². The van der Waals surface area contributed by atoms with Crippen molar-refractivity contribution >= 4 is 0 Å². The first-order valence-corrected chi connectivity index (χ1v) is 6.17. The lowest BCUT2D eigenvalue weighted by atomic mass is 10.2. The quantitative estimate of drug-likeness (QED) is 0.736. The van der Waals surface area contributed by atoms with E-state index < -0.39 is 0 Å². The third-order valence-corrected chi connectivity index (χ3v) is 2.75. The summed E-state index contributed by atoms with van der Waals surface area (Å²) in [6, 6.07) is 0. The van der Waals surface area contributed by atoms with Crippen molar-refractivity contribution in [1.29, 1.82) is 0 Å². The van der Waals surface area contributed by atoms with Gasteiger partial charge in [0.1, 0.15) is 0 Å². The third-order valence-electron chi connectivity index (χ3n) is 2.75. The van der Waals surface area contributed by atoms with E-state index in [4.69, 9.17) is 0 Å². The minimum Gasteiger partial charge on any atom is -0.370 e. The highest BCUT2D eigenvalue weighted by Crippen LogP contribution is 2.09. The van der Waals surface area contributed by atoms with Gasteiger partial charge in [0, 0.05) is 25.3 Å². The van der Waals surface area contributed by atoms with Gasteiger partial charge in [0.05, 0.1) is 0 Å². The predicted molar refractivity (Wildman–Crippen MR) is 71.4 cm³/mol. The molecular formula is C14H24N2. The maximum atomic E-state index is 3.91. The molecule has 0 unspecified atom stereocenters. The van der Waals surface area contributed by atoms with E-state index in [1.54, 1.807) is 0 Å². The van der Waals surface area contributed by atoms with E-state index in [-0.39, 0.29) is 0 Å². The zero-order valence-electron chi connectivity index (χ0n) is 10.6. The predicted octanol–water partition coefficient (Wildman–Crippen LogP) is 2.71. The Hall–Kier alpha value is -1.02. The van der Waals surface area contributed by atoms with Gasteiger partial charge in [-0.15, -0.1) is 0 Å². The Morgan fingerprint density at radius 1 is 1.12 bits per heavy atom. The Balaban J connectivity index is 2.65. The number of nitrogens with one attached hydrogen (secondary N) is 1. The highest BCUT2D eigenvalue weighted by molar-refractivity contribution is 5.23. The van der Waals surface area contributed by atoms with Crippen LogP contribution in [0.5, 0.6) is 0 Å². The third kappa shape index (κ3) is 4.67. The molecule has 0 aromatic heterocycles. The van der Waals surface area contributed by atoms with Crippen LogP contribution in [-0.4, -0.2) is 31.1 Å². The maximum absolute atomic E-state index is 3.91. The summed E-state index contributed by atoms with van der Waals surface area (Å²) >= 11 is 0. The minimum atomic E-state index is 1.07.